The van der Waals surface area contributed by atoms with Crippen LogP contribution >= 0.6 is 11.3 Å². The highest BCUT2D eigenvalue weighted by Gasteiger charge is 2.26. The highest BCUT2D eigenvalue weighted by atomic mass is 32.1. The van der Waals surface area contributed by atoms with Gasteiger partial charge in [0.25, 0.3) is 5.91 Å². The number of hydrogen-bond donors (Lipinski definition) is 1. The Balaban J connectivity index is 1.82. The minimum Gasteiger partial charge on any atom is -0.372 e. The summed E-state index contributed by atoms with van der Waals surface area (Å²) in [7, 11) is 2.14. The lowest BCUT2D eigenvalue weighted by molar-refractivity contribution is 0.100. The fourth-order valence-electron chi connectivity index (χ4n) is 2.88. The normalized spacial score (nSPS) is 14.1. The molecule has 0 saturated heterocycles. The van der Waals surface area contributed by atoms with E-state index >= 15 is 0 Å². The molecule has 4 rings (SSSR count). The summed E-state index contributed by atoms with van der Waals surface area (Å²) in [5.41, 5.74) is 8.78. The zero-order valence-corrected chi connectivity index (χ0v) is 13.6. The Hall–Kier alpha value is -2.40. The van der Waals surface area contributed by atoms with Gasteiger partial charge in [-0.3, -0.25) is 9.78 Å². The molecule has 0 bridgehead atoms. The number of fused-ring (bicyclic) bond motifs is 1. The topological polar surface area (TPSA) is 59.2 Å². The molecule has 1 fully saturated rings. The second-order valence-electron chi connectivity index (χ2n) is 5.97. The van der Waals surface area contributed by atoms with Crippen molar-refractivity contribution in [1.29, 1.82) is 0 Å². The molecule has 2 heterocycles. The zero-order valence-electron chi connectivity index (χ0n) is 12.8. The largest absolute Gasteiger partial charge is 0.372 e. The lowest BCUT2D eigenvalue weighted by Crippen LogP contribution is -2.19. The number of anilines is 1. The zero-order chi connectivity index (χ0) is 16.0. The van der Waals surface area contributed by atoms with Crippen molar-refractivity contribution < 1.29 is 4.79 Å². The van der Waals surface area contributed by atoms with Crippen LogP contribution < -0.4 is 10.6 Å². The SMILES string of the molecule is CN(c1cccc(-c2cncc3sc(C(N)=O)cc23)c1)C1CC1. The summed E-state index contributed by atoms with van der Waals surface area (Å²) in [4.78, 5) is 18.7. The van der Waals surface area contributed by atoms with Crippen LogP contribution in [0, 0.1) is 0 Å². The number of rotatable bonds is 4. The first-order chi connectivity index (χ1) is 11.1. The molecule has 2 N–H and O–H groups in total. The van der Waals surface area contributed by atoms with Gasteiger partial charge in [-0.2, -0.15) is 0 Å². The number of thiophene rings is 1. The highest BCUT2D eigenvalue weighted by molar-refractivity contribution is 7.20. The van der Waals surface area contributed by atoms with Crippen LogP contribution in [0.4, 0.5) is 5.69 Å². The maximum Gasteiger partial charge on any atom is 0.258 e. The van der Waals surface area contributed by atoms with Crippen molar-refractivity contribution in [2.24, 2.45) is 5.73 Å². The predicted octanol–water partition coefficient (Wildman–Crippen LogP) is 3.66. The molecule has 4 nitrogen and oxygen atoms in total. The Morgan fingerprint density at radius 1 is 1.30 bits per heavy atom. The van der Waals surface area contributed by atoms with Gasteiger partial charge in [-0.05, 0) is 36.6 Å². The van der Waals surface area contributed by atoms with E-state index < -0.39 is 0 Å². The van der Waals surface area contributed by atoms with E-state index in [1.54, 1.807) is 6.20 Å². The standard InChI is InChI=1S/C18H17N3OS/c1-21(12-5-6-12)13-4-2-3-11(7-13)15-9-20-10-17-14(15)8-16(23-17)18(19)22/h2-4,7-10,12H,5-6H2,1H3,(H2,19,22). The average Bonchev–Trinajstić information content (AvgIpc) is 3.31. The second-order valence-corrected chi connectivity index (χ2v) is 7.05. The number of carbonyl (C=O) groups is 1. The maximum atomic E-state index is 11.4. The van der Waals surface area contributed by atoms with Crippen LogP contribution in [0.25, 0.3) is 21.2 Å². The number of primary amides is 1. The number of nitrogens with zero attached hydrogens (tertiary/aromatic N) is 2. The number of benzene rings is 1. The smallest absolute Gasteiger partial charge is 0.258 e. The Bertz CT molecular complexity index is 898. The van der Waals surface area contributed by atoms with Crippen LogP contribution in [0.5, 0.6) is 0 Å². The van der Waals surface area contributed by atoms with E-state index in [0.29, 0.717) is 10.9 Å². The van der Waals surface area contributed by atoms with Gasteiger partial charge in [0.05, 0.1) is 9.58 Å². The van der Waals surface area contributed by atoms with Crippen molar-refractivity contribution >= 4 is 33.0 Å². The highest BCUT2D eigenvalue weighted by Crippen LogP contribution is 2.36. The first-order valence-electron chi connectivity index (χ1n) is 7.64. The summed E-state index contributed by atoms with van der Waals surface area (Å²) in [5.74, 6) is -0.389. The fourth-order valence-corrected chi connectivity index (χ4v) is 3.78. The van der Waals surface area contributed by atoms with Gasteiger partial charge >= 0.3 is 0 Å². The van der Waals surface area contributed by atoms with Crippen LogP contribution in [0.1, 0.15) is 22.5 Å². The fraction of sp³-hybridized carbons (Fsp3) is 0.222. The van der Waals surface area contributed by atoms with Crippen molar-refractivity contribution in [2.75, 3.05) is 11.9 Å². The molecular weight excluding hydrogens is 306 g/mol. The number of nitrogens with two attached hydrogens (primary N) is 1. The quantitative estimate of drug-likeness (QED) is 0.797. The molecule has 0 spiro atoms. The van der Waals surface area contributed by atoms with Gasteiger partial charge in [-0.15, -0.1) is 11.3 Å². The monoisotopic (exact) mass is 323 g/mol. The van der Waals surface area contributed by atoms with Crippen molar-refractivity contribution in [2.45, 2.75) is 18.9 Å². The third-order valence-electron chi connectivity index (χ3n) is 4.35. The van der Waals surface area contributed by atoms with Crippen molar-refractivity contribution in [3.63, 3.8) is 0 Å². The minimum absolute atomic E-state index is 0.389. The number of aromatic nitrogens is 1. The molecule has 5 heteroatoms. The summed E-state index contributed by atoms with van der Waals surface area (Å²) in [6, 6.07) is 11.0. The van der Waals surface area contributed by atoms with Crippen LogP contribution in [0.15, 0.2) is 42.7 Å². The Morgan fingerprint density at radius 2 is 2.13 bits per heavy atom. The molecule has 1 aromatic carbocycles. The van der Waals surface area contributed by atoms with E-state index in [1.807, 2.05) is 12.3 Å². The molecule has 1 aliphatic rings. The van der Waals surface area contributed by atoms with Crippen molar-refractivity contribution in [3.8, 4) is 11.1 Å². The molecule has 3 aromatic rings. The van der Waals surface area contributed by atoms with Crippen molar-refractivity contribution in [3.05, 3.63) is 47.6 Å². The van der Waals surface area contributed by atoms with E-state index in [2.05, 4.69) is 41.2 Å². The van der Waals surface area contributed by atoms with Gasteiger partial charge < -0.3 is 10.6 Å². The molecule has 1 saturated carbocycles. The maximum absolute atomic E-state index is 11.4. The Labute approximate surface area is 138 Å². The minimum atomic E-state index is -0.389. The Kier molecular flexibility index (Phi) is 3.31. The summed E-state index contributed by atoms with van der Waals surface area (Å²) >= 11 is 1.39. The first-order valence-corrected chi connectivity index (χ1v) is 8.46. The molecule has 1 aliphatic carbocycles. The third kappa shape index (κ3) is 2.57. The van der Waals surface area contributed by atoms with E-state index in [9.17, 15) is 4.79 Å². The van der Waals surface area contributed by atoms with E-state index in [1.165, 1.54) is 29.9 Å². The molecule has 23 heavy (non-hydrogen) atoms. The van der Waals surface area contributed by atoms with E-state index in [-0.39, 0.29) is 5.91 Å². The molecule has 1 amide bonds. The average molecular weight is 323 g/mol. The molecule has 2 aromatic heterocycles. The summed E-state index contributed by atoms with van der Waals surface area (Å²) < 4.78 is 0.984. The summed E-state index contributed by atoms with van der Waals surface area (Å²) in [6.07, 6.45) is 6.18. The number of pyridine rings is 1. The van der Waals surface area contributed by atoms with Gasteiger partial charge in [-0.1, -0.05) is 12.1 Å². The Morgan fingerprint density at radius 3 is 2.87 bits per heavy atom. The van der Waals surface area contributed by atoms with Crippen LogP contribution in [-0.2, 0) is 0 Å². The predicted molar refractivity (Wildman–Crippen MR) is 95.0 cm³/mol. The summed E-state index contributed by atoms with van der Waals surface area (Å²) in [6.45, 7) is 0. The number of hydrogen-bond acceptors (Lipinski definition) is 4. The molecule has 116 valence electrons. The second kappa shape index (κ2) is 5.35. The first kappa shape index (κ1) is 14.2. The summed E-state index contributed by atoms with van der Waals surface area (Å²) in [5, 5.41) is 1.03. The number of carbonyl (C=O) groups excluding carboxylic acids is 1. The third-order valence-corrected chi connectivity index (χ3v) is 5.43. The molecule has 0 radical (unpaired) electrons. The van der Waals surface area contributed by atoms with Gasteiger partial charge in [-0.25, -0.2) is 0 Å². The van der Waals surface area contributed by atoms with Gasteiger partial charge in [0, 0.05) is 42.1 Å². The number of amides is 1. The van der Waals surface area contributed by atoms with Crippen LogP contribution in [0.3, 0.4) is 0 Å². The van der Waals surface area contributed by atoms with Crippen LogP contribution in [0.2, 0.25) is 0 Å². The lowest BCUT2D eigenvalue weighted by atomic mass is 10.0. The molecule has 0 atom stereocenters. The van der Waals surface area contributed by atoms with Crippen LogP contribution in [-0.4, -0.2) is 24.0 Å². The lowest BCUT2D eigenvalue weighted by Gasteiger charge is -2.19. The van der Waals surface area contributed by atoms with E-state index in [4.69, 9.17) is 5.73 Å². The van der Waals surface area contributed by atoms with E-state index in [0.717, 1.165) is 21.2 Å². The van der Waals surface area contributed by atoms with Crippen molar-refractivity contribution in [1.82, 2.24) is 4.98 Å². The molecular formula is C18H17N3OS. The molecule has 0 unspecified atom stereocenters. The van der Waals surface area contributed by atoms with Gasteiger partial charge in [0.15, 0.2) is 0 Å². The van der Waals surface area contributed by atoms with Gasteiger partial charge in [0.1, 0.15) is 0 Å². The van der Waals surface area contributed by atoms with Gasteiger partial charge in [0.2, 0.25) is 0 Å². The molecule has 0 aliphatic heterocycles.